The van der Waals surface area contributed by atoms with Crippen molar-refractivity contribution in [3.63, 3.8) is 0 Å². The number of hydrogen-bond acceptors (Lipinski definition) is 7. The van der Waals surface area contributed by atoms with E-state index in [4.69, 9.17) is 18.6 Å². The average molecular weight is 396 g/mol. The molecule has 29 heavy (non-hydrogen) atoms. The van der Waals surface area contributed by atoms with E-state index in [1.54, 1.807) is 51.1 Å². The fourth-order valence-corrected chi connectivity index (χ4v) is 2.80. The molecular formula is C22H20O7. The van der Waals surface area contributed by atoms with E-state index >= 15 is 0 Å². The summed E-state index contributed by atoms with van der Waals surface area (Å²) >= 11 is 0. The molecule has 7 nitrogen and oxygen atoms in total. The third kappa shape index (κ3) is 4.45. The van der Waals surface area contributed by atoms with Crippen molar-refractivity contribution in [2.24, 2.45) is 0 Å². The van der Waals surface area contributed by atoms with Crippen LogP contribution in [-0.4, -0.2) is 24.8 Å². The van der Waals surface area contributed by atoms with E-state index < -0.39 is 23.4 Å². The molecule has 0 aliphatic rings. The number of esters is 1. The van der Waals surface area contributed by atoms with Crippen LogP contribution in [-0.2, 0) is 9.47 Å². The molecule has 0 saturated carbocycles. The summed E-state index contributed by atoms with van der Waals surface area (Å²) in [5.74, 6) is -0.659. The number of ether oxygens (including phenoxy) is 3. The van der Waals surface area contributed by atoms with Crippen LogP contribution >= 0.6 is 0 Å². The second-order valence-electron chi connectivity index (χ2n) is 7.22. The molecule has 0 unspecified atom stereocenters. The summed E-state index contributed by atoms with van der Waals surface area (Å²) < 4.78 is 20.4. The van der Waals surface area contributed by atoms with Gasteiger partial charge < -0.3 is 18.6 Å². The normalized spacial score (nSPS) is 11.2. The summed E-state index contributed by atoms with van der Waals surface area (Å²) in [6, 6.07) is 13.5. The molecule has 0 aliphatic carbocycles. The first-order valence-corrected chi connectivity index (χ1v) is 8.85. The van der Waals surface area contributed by atoms with Gasteiger partial charge in [0.25, 0.3) is 0 Å². The highest BCUT2D eigenvalue weighted by Crippen LogP contribution is 2.33. The van der Waals surface area contributed by atoms with Gasteiger partial charge in [-0.1, -0.05) is 30.3 Å². The van der Waals surface area contributed by atoms with Gasteiger partial charge in [0.1, 0.15) is 16.9 Å². The zero-order valence-electron chi connectivity index (χ0n) is 16.5. The molecule has 0 aliphatic heterocycles. The van der Waals surface area contributed by atoms with Gasteiger partial charge in [0, 0.05) is 17.0 Å². The Morgan fingerprint density at radius 3 is 2.31 bits per heavy atom. The molecular weight excluding hydrogens is 376 g/mol. The first-order valence-electron chi connectivity index (χ1n) is 8.85. The minimum atomic E-state index is -0.881. The summed E-state index contributed by atoms with van der Waals surface area (Å²) in [6.07, 6.45) is -0.881. The molecule has 3 aromatic rings. The van der Waals surface area contributed by atoms with E-state index in [0.717, 1.165) is 0 Å². The Bertz CT molecular complexity index is 1120. The Morgan fingerprint density at radius 1 is 1.00 bits per heavy atom. The van der Waals surface area contributed by atoms with Crippen LogP contribution in [0.3, 0.4) is 0 Å². The molecule has 7 heteroatoms. The summed E-state index contributed by atoms with van der Waals surface area (Å²) in [7, 11) is 1.19. The number of carbonyl (C=O) groups excluding carboxylic acids is 2. The molecule has 1 aromatic heterocycles. The van der Waals surface area contributed by atoms with Crippen molar-refractivity contribution in [3.8, 4) is 16.9 Å². The van der Waals surface area contributed by atoms with Crippen molar-refractivity contribution in [1.29, 1.82) is 0 Å². The second-order valence-corrected chi connectivity index (χ2v) is 7.22. The van der Waals surface area contributed by atoms with Gasteiger partial charge in [-0.15, -0.1) is 0 Å². The first-order chi connectivity index (χ1) is 13.7. The molecule has 1 heterocycles. The largest absolute Gasteiger partial charge is 0.514 e. The third-order valence-electron chi connectivity index (χ3n) is 3.92. The van der Waals surface area contributed by atoms with Crippen LogP contribution in [0.15, 0.2) is 57.7 Å². The average Bonchev–Trinajstić information content (AvgIpc) is 2.65. The number of methoxy groups -OCH3 is 1. The van der Waals surface area contributed by atoms with Crippen LogP contribution in [0.2, 0.25) is 0 Å². The third-order valence-corrected chi connectivity index (χ3v) is 3.92. The monoisotopic (exact) mass is 396 g/mol. The SMILES string of the molecule is COC(=O)c1c(-c2ccccc2)c2ccc(OC(=O)OC(C)(C)C)cc2oc1=O. The van der Waals surface area contributed by atoms with Gasteiger partial charge in [-0.2, -0.15) is 0 Å². The lowest BCUT2D eigenvalue weighted by molar-refractivity contribution is 0.0206. The molecule has 0 bridgehead atoms. The summed E-state index contributed by atoms with van der Waals surface area (Å²) in [5.41, 5.74) is -0.581. The van der Waals surface area contributed by atoms with Gasteiger partial charge in [-0.25, -0.2) is 14.4 Å². The van der Waals surface area contributed by atoms with Gasteiger partial charge >= 0.3 is 17.8 Å². The van der Waals surface area contributed by atoms with Crippen LogP contribution in [0, 0.1) is 0 Å². The van der Waals surface area contributed by atoms with E-state index in [2.05, 4.69) is 0 Å². The van der Waals surface area contributed by atoms with Crippen LogP contribution in [0.4, 0.5) is 4.79 Å². The lowest BCUT2D eigenvalue weighted by Crippen LogP contribution is -2.26. The lowest BCUT2D eigenvalue weighted by atomic mass is 9.97. The molecule has 0 saturated heterocycles. The van der Waals surface area contributed by atoms with Crippen molar-refractivity contribution in [3.05, 3.63) is 64.5 Å². The Balaban J connectivity index is 2.15. The molecule has 0 fully saturated rings. The predicted molar refractivity (Wildman–Crippen MR) is 106 cm³/mol. The zero-order valence-corrected chi connectivity index (χ0v) is 16.5. The summed E-state index contributed by atoms with van der Waals surface area (Å²) in [4.78, 5) is 36.7. The van der Waals surface area contributed by atoms with Gasteiger partial charge in [0.2, 0.25) is 0 Å². The molecule has 2 aromatic carbocycles. The van der Waals surface area contributed by atoms with E-state index in [-0.39, 0.29) is 16.9 Å². The number of carbonyl (C=O) groups is 2. The van der Waals surface area contributed by atoms with Crippen LogP contribution in [0.1, 0.15) is 31.1 Å². The lowest BCUT2D eigenvalue weighted by Gasteiger charge is -2.18. The topological polar surface area (TPSA) is 92.0 Å². The fourth-order valence-electron chi connectivity index (χ4n) is 2.80. The van der Waals surface area contributed by atoms with Crippen molar-refractivity contribution < 1.29 is 28.2 Å². The van der Waals surface area contributed by atoms with E-state index in [1.165, 1.54) is 19.2 Å². The number of rotatable bonds is 3. The van der Waals surface area contributed by atoms with E-state index in [0.29, 0.717) is 16.5 Å². The van der Waals surface area contributed by atoms with Crippen molar-refractivity contribution in [2.45, 2.75) is 26.4 Å². The molecule has 0 radical (unpaired) electrons. The van der Waals surface area contributed by atoms with Crippen molar-refractivity contribution in [2.75, 3.05) is 7.11 Å². The number of benzene rings is 2. The molecule has 0 N–H and O–H groups in total. The summed E-state index contributed by atoms with van der Waals surface area (Å²) in [5, 5.41) is 0.493. The van der Waals surface area contributed by atoms with Crippen LogP contribution in [0.25, 0.3) is 22.1 Å². The van der Waals surface area contributed by atoms with E-state index in [1.807, 2.05) is 6.07 Å². The highest BCUT2D eigenvalue weighted by atomic mass is 16.7. The van der Waals surface area contributed by atoms with Crippen molar-refractivity contribution in [1.82, 2.24) is 0 Å². The maximum Gasteiger partial charge on any atom is 0.514 e. The second kappa shape index (κ2) is 7.79. The van der Waals surface area contributed by atoms with E-state index in [9.17, 15) is 14.4 Å². The smallest absolute Gasteiger partial charge is 0.465 e. The van der Waals surface area contributed by atoms with Crippen LogP contribution in [0.5, 0.6) is 5.75 Å². The van der Waals surface area contributed by atoms with Gasteiger partial charge in [0.05, 0.1) is 7.11 Å². The maximum absolute atomic E-state index is 12.5. The van der Waals surface area contributed by atoms with Gasteiger partial charge in [-0.05, 0) is 38.5 Å². The molecule has 3 rings (SSSR count). The Labute approximate surface area is 166 Å². The predicted octanol–water partition coefficient (Wildman–Crippen LogP) is 4.56. The fraction of sp³-hybridized carbons (Fsp3) is 0.227. The molecule has 0 atom stereocenters. The number of fused-ring (bicyclic) bond motifs is 1. The van der Waals surface area contributed by atoms with Gasteiger partial charge in [0.15, 0.2) is 5.56 Å². The first kappa shape index (κ1) is 20.1. The number of hydrogen-bond donors (Lipinski definition) is 0. The Morgan fingerprint density at radius 2 is 1.69 bits per heavy atom. The molecule has 0 spiro atoms. The molecule has 0 amide bonds. The quantitative estimate of drug-likeness (QED) is 0.364. The standard InChI is InChI=1S/C22H20O7/c1-22(2,3)29-21(25)27-14-10-11-15-16(12-14)28-20(24)18(19(23)26-4)17(15)13-8-6-5-7-9-13/h5-12H,1-4H3. The highest BCUT2D eigenvalue weighted by Gasteiger charge is 2.24. The molecule has 150 valence electrons. The Hall–Kier alpha value is -3.61. The maximum atomic E-state index is 12.5. The Kier molecular flexibility index (Phi) is 5.41. The van der Waals surface area contributed by atoms with Crippen LogP contribution < -0.4 is 10.4 Å². The zero-order chi connectivity index (χ0) is 21.2. The van der Waals surface area contributed by atoms with Gasteiger partial charge in [-0.3, -0.25) is 0 Å². The van der Waals surface area contributed by atoms with Crippen molar-refractivity contribution >= 4 is 23.1 Å². The minimum Gasteiger partial charge on any atom is -0.465 e. The highest BCUT2D eigenvalue weighted by molar-refractivity contribution is 6.06. The minimum absolute atomic E-state index is 0.139. The summed E-state index contributed by atoms with van der Waals surface area (Å²) in [6.45, 7) is 5.15.